The van der Waals surface area contributed by atoms with Crippen LogP contribution in [-0.4, -0.2) is 60.4 Å². The summed E-state index contributed by atoms with van der Waals surface area (Å²) in [6.07, 6.45) is 9.30. The molecule has 3 aliphatic rings. The van der Waals surface area contributed by atoms with Gasteiger partial charge in [-0.15, -0.1) is 0 Å². The minimum Gasteiger partial charge on any atom is -0.353 e. The first-order chi connectivity index (χ1) is 17.1. The third kappa shape index (κ3) is 5.10. The Hall–Kier alpha value is -3.18. The molecule has 35 heavy (non-hydrogen) atoms. The van der Waals surface area contributed by atoms with E-state index in [1.807, 2.05) is 0 Å². The fourth-order valence-electron chi connectivity index (χ4n) is 5.78. The molecular weight excluding hydrogens is 434 g/mol. The van der Waals surface area contributed by atoms with Crippen molar-refractivity contribution in [1.82, 2.24) is 15.1 Å². The number of carbonyl (C=O) groups excluding carboxylic acids is 2. The largest absolute Gasteiger partial charge is 0.353 e. The molecule has 1 unspecified atom stereocenters. The molecule has 0 spiro atoms. The van der Waals surface area contributed by atoms with Gasteiger partial charge in [0.15, 0.2) is 0 Å². The lowest BCUT2D eigenvalue weighted by atomic mass is 9.86. The van der Waals surface area contributed by atoms with E-state index in [1.165, 1.54) is 33.4 Å². The van der Waals surface area contributed by atoms with E-state index in [1.54, 1.807) is 11.8 Å². The van der Waals surface area contributed by atoms with Crippen molar-refractivity contribution in [2.45, 2.75) is 45.1 Å². The summed E-state index contributed by atoms with van der Waals surface area (Å²) in [5.74, 6) is -0.00260. The summed E-state index contributed by atoms with van der Waals surface area (Å²) in [4.78, 5) is 28.8. The lowest BCUT2D eigenvalue weighted by Gasteiger charge is -2.34. The van der Waals surface area contributed by atoms with Crippen LogP contribution in [-0.2, 0) is 9.59 Å². The number of hydrogen-bond donors (Lipinski definition) is 1. The molecule has 5 heteroatoms. The summed E-state index contributed by atoms with van der Waals surface area (Å²) in [6, 6.07) is 17.1. The van der Waals surface area contributed by atoms with Gasteiger partial charge in [-0.25, -0.2) is 0 Å². The first kappa shape index (κ1) is 23.6. The first-order valence-electron chi connectivity index (χ1n) is 13.0. The first-order valence-corrected chi connectivity index (χ1v) is 13.0. The van der Waals surface area contributed by atoms with Crippen LogP contribution in [0.15, 0.2) is 54.1 Å². The zero-order valence-corrected chi connectivity index (χ0v) is 20.6. The average molecular weight is 470 g/mol. The molecular formula is C30H35N3O2. The van der Waals surface area contributed by atoms with Gasteiger partial charge in [-0.05, 0) is 59.9 Å². The van der Waals surface area contributed by atoms with Crippen molar-refractivity contribution in [2.75, 3.05) is 32.7 Å². The summed E-state index contributed by atoms with van der Waals surface area (Å²) < 4.78 is 0. The van der Waals surface area contributed by atoms with Gasteiger partial charge in [0.2, 0.25) is 11.8 Å². The summed E-state index contributed by atoms with van der Waals surface area (Å²) in [5.41, 5.74) is 8.13. The second-order valence-electron chi connectivity index (χ2n) is 9.84. The van der Waals surface area contributed by atoms with Crippen LogP contribution in [0.1, 0.15) is 61.3 Å². The minimum atomic E-state index is -0.303. The van der Waals surface area contributed by atoms with Crippen molar-refractivity contribution < 1.29 is 9.59 Å². The lowest BCUT2D eigenvalue weighted by molar-refractivity contribution is -0.140. The highest BCUT2D eigenvalue weighted by molar-refractivity contribution is 5.95. The Bertz CT molecular complexity index is 1100. The standard InChI is InChI=1S/C30H35N3O2/c1-22(34)33-18-7-6-12-28(33)30(35)31-17-21-32-19-15-25(16-20-32)29-26-10-4-2-8-23(26)13-14-24-9-3-5-11-27(24)29/h2-5,8-11,13-14,28H,6-7,12,15-21H2,1H3,(H,31,35). The van der Waals surface area contributed by atoms with Gasteiger partial charge < -0.3 is 15.1 Å². The zero-order chi connectivity index (χ0) is 24.2. The third-order valence-electron chi connectivity index (χ3n) is 7.65. The van der Waals surface area contributed by atoms with E-state index in [-0.39, 0.29) is 17.9 Å². The Morgan fingerprint density at radius 3 is 2.14 bits per heavy atom. The van der Waals surface area contributed by atoms with Crippen LogP contribution in [0.25, 0.3) is 17.7 Å². The SMILES string of the molecule is CC(=O)N1CCCCC1C(=O)NCCN1CCC(=C2c3ccccc3C=Cc3ccccc32)CC1. The van der Waals surface area contributed by atoms with Crippen LogP contribution in [0.2, 0.25) is 0 Å². The number of amides is 2. The molecule has 1 aliphatic carbocycles. The van der Waals surface area contributed by atoms with E-state index in [0.717, 1.165) is 51.7 Å². The Morgan fingerprint density at radius 2 is 1.51 bits per heavy atom. The topological polar surface area (TPSA) is 52.7 Å². The summed E-state index contributed by atoms with van der Waals surface area (Å²) >= 11 is 0. The van der Waals surface area contributed by atoms with Crippen molar-refractivity contribution in [2.24, 2.45) is 0 Å². The van der Waals surface area contributed by atoms with Gasteiger partial charge in [0, 0.05) is 39.6 Å². The number of fused-ring (bicyclic) bond motifs is 2. The van der Waals surface area contributed by atoms with Gasteiger partial charge >= 0.3 is 0 Å². The van der Waals surface area contributed by atoms with Crippen molar-refractivity contribution in [1.29, 1.82) is 0 Å². The van der Waals surface area contributed by atoms with Gasteiger partial charge in [0.05, 0.1) is 0 Å². The van der Waals surface area contributed by atoms with E-state index < -0.39 is 0 Å². The van der Waals surface area contributed by atoms with Gasteiger partial charge in [-0.1, -0.05) is 66.3 Å². The van der Waals surface area contributed by atoms with Crippen LogP contribution < -0.4 is 5.32 Å². The number of benzene rings is 2. The molecule has 0 saturated carbocycles. The molecule has 1 N–H and O–H groups in total. The number of hydrogen-bond acceptors (Lipinski definition) is 3. The molecule has 182 valence electrons. The molecule has 0 aromatic heterocycles. The Balaban J connectivity index is 1.23. The number of nitrogens with zero attached hydrogens (tertiary/aromatic N) is 2. The van der Waals surface area contributed by atoms with E-state index in [9.17, 15) is 9.59 Å². The molecule has 2 heterocycles. The van der Waals surface area contributed by atoms with Crippen LogP contribution in [0.5, 0.6) is 0 Å². The fraction of sp³-hybridized carbons (Fsp3) is 0.400. The van der Waals surface area contributed by atoms with Gasteiger partial charge in [-0.2, -0.15) is 0 Å². The maximum Gasteiger partial charge on any atom is 0.242 e. The summed E-state index contributed by atoms with van der Waals surface area (Å²) in [6.45, 7) is 5.72. The Kier molecular flexibility index (Phi) is 7.14. The van der Waals surface area contributed by atoms with Crippen molar-refractivity contribution in [3.63, 3.8) is 0 Å². The minimum absolute atomic E-state index is 0.00103. The predicted octanol–water partition coefficient (Wildman–Crippen LogP) is 4.59. The molecule has 5 nitrogen and oxygen atoms in total. The maximum atomic E-state index is 12.7. The van der Waals surface area contributed by atoms with Gasteiger partial charge in [0.1, 0.15) is 6.04 Å². The number of piperidine rings is 2. The molecule has 0 radical (unpaired) electrons. The van der Waals surface area contributed by atoms with Gasteiger partial charge in [-0.3, -0.25) is 9.59 Å². The summed E-state index contributed by atoms with van der Waals surface area (Å²) in [5, 5.41) is 3.10. The van der Waals surface area contributed by atoms with Crippen molar-refractivity contribution >= 4 is 29.5 Å². The predicted molar refractivity (Wildman–Crippen MR) is 142 cm³/mol. The molecule has 2 saturated heterocycles. The number of nitrogens with one attached hydrogen (secondary N) is 1. The van der Waals surface area contributed by atoms with Crippen LogP contribution in [0, 0.1) is 0 Å². The molecule has 2 amide bonds. The smallest absolute Gasteiger partial charge is 0.242 e. The average Bonchev–Trinajstić information content (AvgIpc) is 3.06. The Morgan fingerprint density at radius 1 is 0.886 bits per heavy atom. The summed E-state index contributed by atoms with van der Waals surface area (Å²) in [7, 11) is 0. The molecule has 2 aromatic carbocycles. The molecule has 1 atom stereocenters. The number of likely N-dealkylation sites (tertiary alicyclic amines) is 2. The fourth-order valence-corrected chi connectivity index (χ4v) is 5.78. The second-order valence-corrected chi connectivity index (χ2v) is 9.84. The molecule has 2 aromatic rings. The Labute approximate surface area is 208 Å². The highest BCUT2D eigenvalue weighted by Crippen LogP contribution is 2.38. The molecule has 2 fully saturated rings. The normalized spacial score (nSPS) is 20.1. The zero-order valence-electron chi connectivity index (χ0n) is 20.6. The second kappa shape index (κ2) is 10.6. The van der Waals surface area contributed by atoms with Crippen molar-refractivity contribution in [3.8, 4) is 0 Å². The molecule has 5 rings (SSSR count). The van der Waals surface area contributed by atoms with E-state index >= 15 is 0 Å². The monoisotopic (exact) mass is 469 g/mol. The van der Waals surface area contributed by atoms with Crippen LogP contribution >= 0.6 is 0 Å². The van der Waals surface area contributed by atoms with E-state index in [4.69, 9.17) is 0 Å². The third-order valence-corrected chi connectivity index (χ3v) is 7.65. The molecule has 0 bridgehead atoms. The highest BCUT2D eigenvalue weighted by atomic mass is 16.2. The quantitative estimate of drug-likeness (QED) is 0.608. The highest BCUT2D eigenvalue weighted by Gasteiger charge is 2.30. The maximum absolute atomic E-state index is 12.7. The van der Waals surface area contributed by atoms with Crippen LogP contribution in [0.4, 0.5) is 0 Å². The van der Waals surface area contributed by atoms with E-state index in [0.29, 0.717) is 13.1 Å². The van der Waals surface area contributed by atoms with E-state index in [2.05, 4.69) is 70.9 Å². The van der Waals surface area contributed by atoms with Crippen LogP contribution in [0.3, 0.4) is 0 Å². The lowest BCUT2D eigenvalue weighted by Crippen LogP contribution is -2.52. The number of rotatable bonds is 4. The molecule has 2 aliphatic heterocycles. The number of carbonyl (C=O) groups is 2. The van der Waals surface area contributed by atoms with Crippen molar-refractivity contribution in [3.05, 3.63) is 76.4 Å². The van der Waals surface area contributed by atoms with Gasteiger partial charge in [0.25, 0.3) is 0 Å².